The monoisotopic (exact) mass is 598 g/mol. The molecule has 42 heavy (non-hydrogen) atoms. The Morgan fingerprint density at radius 1 is 0.810 bits per heavy atom. The zero-order chi connectivity index (χ0) is 29.9. The average molecular weight is 599 g/mol. The van der Waals surface area contributed by atoms with Gasteiger partial charge in [-0.3, -0.25) is 14.0 Å². The summed E-state index contributed by atoms with van der Waals surface area (Å²) in [6.07, 6.45) is -4.33. The van der Waals surface area contributed by atoms with E-state index in [9.17, 15) is 26.4 Å². The summed E-state index contributed by atoms with van der Waals surface area (Å²) in [5.41, 5.74) is 1.56. The van der Waals surface area contributed by atoms with E-state index in [1.165, 1.54) is 18.2 Å². The Hall–Kier alpha value is -4.13. The highest BCUT2D eigenvalue weighted by Crippen LogP contribution is 2.32. The zero-order valence-electron chi connectivity index (χ0n) is 22.5. The van der Waals surface area contributed by atoms with Crippen LogP contribution in [-0.4, -0.2) is 60.1 Å². The molecule has 4 aromatic carbocycles. The molecule has 0 amide bonds. The van der Waals surface area contributed by atoms with Crippen LogP contribution in [0.4, 0.5) is 18.9 Å². The Morgan fingerprint density at radius 3 is 2.21 bits per heavy atom. The second kappa shape index (κ2) is 12.0. The Balaban J connectivity index is 0.000000211. The molecular weight excluding hydrogens is 569 g/mol. The molecule has 0 bridgehead atoms. The highest BCUT2D eigenvalue weighted by Gasteiger charge is 2.31. The van der Waals surface area contributed by atoms with Gasteiger partial charge in [-0.15, -0.1) is 0 Å². The van der Waals surface area contributed by atoms with Gasteiger partial charge in [0.15, 0.2) is 0 Å². The number of anilines is 1. The molecule has 12 heteroatoms. The number of aromatic nitrogens is 2. The molecule has 0 spiro atoms. The molecule has 6 rings (SSSR count). The van der Waals surface area contributed by atoms with Crippen LogP contribution in [0.1, 0.15) is 5.56 Å². The van der Waals surface area contributed by atoms with Crippen molar-refractivity contribution in [1.29, 1.82) is 0 Å². The number of benzene rings is 4. The van der Waals surface area contributed by atoms with Crippen molar-refractivity contribution in [3.8, 4) is 0 Å². The molecule has 5 aromatic rings. The highest BCUT2D eigenvalue weighted by atomic mass is 32.2. The molecule has 0 unspecified atom stereocenters. The lowest BCUT2D eigenvalue weighted by Crippen LogP contribution is -2.47. The molecule has 0 atom stereocenters. The topological polar surface area (TPSA) is 98.6 Å². The van der Waals surface area contributed by atoms with E-state index in [4.69, 9.17) is 4.55 Å². The van der Waals surface area contributed by atoms with Crippen molar-refractivity contribution >= 4 is 37.6 Å². The van der Waals surface area contributed by atoms with E-state index in [-0.39, 0.29) is 10.6 Å². The Bertz CT molecular complexity index is 1850. The van der Waals surface area contributed by atoms with Gasteiger partial charge in [-0.1, -0.05) is 54.6 Å². The Labute approximate surface area is 240 Å². The van der Waals surface area contributed by atoms with Gasteiger partial charge in [0.25, 0.3) is 10.1 Å². The fourth-order valence-corrected chi connectivity index (χ4v) is 5.81. The molecule has 0 aliphatic carbocycles. The molecule has 1 aliphatic rings. The molecule has 1 aromatic heterocycles. The third-order valence-corrected chi connectivity index (χ3v) is 8.17. The number of piperazine rings is 1. The maximum absolute atomic E-state index is 12.9. The van der Waals surface area contributed by atoms with Crippen molar-refractivity contribution in [2.24, 2.45) is 0 Å². The van der Waals surface area contributed by atoms with Gasteiger partial charge in [0.2, 0.25) is 0 Å². The smallest absolute Gasteiger partial charge is 0.369 e. The molecule has 220 valence electrons. The number of fused-ring (bicyclic) bond motifs is 2. The van der Waals surface area contributed by atoms with Crippen LogP contribution < -0.4 is 10.6 Å². The molecule has 1 aliphatic heterocycles. The van der Waals surface area contributed by atoms with Crippen LogP contribution in [0.15, 0.2) is 101 Å². The largest absolute Gasteiger partial charge is 0.416 e. The minimum Gasteiger partial charge on any atom is -0.369 e. The molecule has 1 fully saturated rings. The molecule has 2 heterocycles. The number of H-pyrrole nitrogens is 1. The van der Waals surface area contributed by atoms with Gasteiger partial charge in [-0.2, -0.15) is 21.6 Å². The van der Waals surface area contributed by atoms with E-state index in [1.54, 1.807) is 41.0 Å². The molecule has 2 N–H and O–H groups in total. The Morgan fingerprint density at radius 2 is 1.48 bits per heavy atom. The number of alkyl halides is 3. The summed E-state index contributed by atoms with van der Waals surface area (Å²) in [6.45, 7) is 4.10. The fraction of sp³-hybridized carbons (Fsp3) is 0.233. The first-order valence-corrected chi connectivity index (χ1v) is 14.7. The third kappa shape index (κ3) is 6.67. The number of nitrogens with one attached hydrogen (secondary N) is 1. The lowest BCUT2D eigenvalue weighted by atomic mass is 10.1. The highest BCUT2D eigenvalue weighted by molar-refractivity contribution is 7.86. The maximum atomic E-state index is 12.9. The normalized spacial score (nSPS) is 14.6. The number of halogens is 3. The van der Waals surface area contributed by atoms with Crippen LogP contribution in [0, 0.1) is 0 Å². The number of hydrogen-bond donors (Lipinski definition) is 2. The van der Waals surface area contributed by atoms with Crippen LogP contribution in [0.25, 0.3) is 21.8 Å². The fourth-order valence-electron chi connectivity index (χ4n) is 5.10. The molecule has 8 nitrogen and oxygen atoms in total. The number of nitrogens with zero attached hydrogens (tertiary/aromatic N) is 3. The first-order valence-electron chi connectivity index (χ1n) is 13.3. The van der Waals surface area contributed by atoms with Crippen molar-refractivity contribution in [2.75, 3.05) is 37.6 Å². The summed E-state index contributed by atoms with van der Waals surface area (Å²) in [4.78, 5) is 19.2. The van der Waals surface area contributed by atoms with Crippen molar-refractivity contribution in [1.82, 2.24) is 14.5 Å². The minimum absolute atomic E-state index is 0.0457. The third-order valence-electron chi connectivity index (χ3n) is 7.26. The van der Waals surface area contributed by atoms with Gasteiger partial charge in [0.1, 0.15) is 4.90 Å². The summed E-state index contributed by atoms with van der Waals surface area (Å²) in [5, 5.41) is 1.33. The molecule has 0 saturated carbocycles. The first kappa shape index (κ1) is 29.4. The standard InChI is InChI=1S/C20H21F3N4O.C10H8O3S/c21-20(22,23)15-4-3-5-16(14-15)26-11-8-25(9-12-26)10-13-27-18-7-2-1-6-17(18)24-19(27)28;11-14(12,13)10-7-3-5-8-4-1-2-6-9(8)10/h1-7,14H,8-13H2,(H,24,28);1-7H,(H,11,12,13). The summed E-state index contributed by atoms with van der Waals surface area (Å²) < 4.78 is 71.5. The van der Waals surface area contributed by atoms with Crippen molar-refractivity contribution in [2.45, 2.75) is 17.6 Å². The number of aromatic amines is 1. The van der Waals surface area contributed by atoms with Crippen LogP contribution >= 0.6 is 0 Å². The number of hydrogen-bond acceptors (Lipinski definition) is 5. The number of imidazole rings is 1. The maximum Gasteiger partial charge on any atom is 0.416 e. The summed E-state index contributed by atoms with van der Waals surface area (Å²) in [5.74, 6) is 0. The second-order valence-corrected chi connectivity index (χ2v) is 11.3. The van der Waals surface area contributed by atoms with Gasteiger partial charge in [0, 0.05) is 50.3 Å². The zero-order valence-corrected chi connectivity index (χ0v) is 23.3. The van der Waals surface area contributed by atoms with E-state index in [2.05, 4.69) is 9.88 Å². The van der Waals surface area contributed by atoms with Crippen molar-refractivity contribution < 1.29 is 26.1 Å². The van der Waals surface area contributed by atoms with E-state index in [1.807, 2.05) is 35.2 Å². The van der Waals surface area contributed by atoms with Crippen molar-refractivity contribution in [3.05, 3.63) is 107 Å². The van der Waals surface area contributed by atoms with E-state index in [0.717, 1.165) is 42.1 Å². The predicted molar refractivity (Wildman–Crippen MR) is 156 cm³/mol. The summed E-state index contributed by atoms with van der Waals surface area (Å²) in [7, 11) is -4.13. The molecule has 1 saturated heterocycles. The van der Waals surface area contributed by atoms with Gasteiger partial charge in [-0.05, 0) is 41.8 Å². The van der Waals surface area contributed by atoms with E-state index in [0.29, 0.717) is 30.7 Å². The van der Waals surface area contributed by atoms with Crippen molar-refractivity contribution in [3.63, 3.8) is 0 Å². The average Bonchev–Trinajstić information content (AvgIpc) is 3.30. The lowest BCUT2D eigenvalue weighted by Gasteiger charge is -2.36. The second-order valence-electron chi connectivity index (χ2n) is 9.93. The summed E-state index contributed by atoms with van der Waals surface area (Å²) in [6, 6.07) is 24.8. The van der Waals surface area contributed by atoms with Crippen LogP contribution in [-0.2, 0) is 22.8 Å². The quantitative estimate of drug-likeness (QED) is 0.268. The molecular formula is C30H29F3N4O4S. The summed E-state index contributed by atoms with van der Waals surface area (Å²) >= 11 is 0. The van der Waals surface area contributed by atoms with Crippen LogP contribution in [0.3, 0.4) is 0 Å². The van der Waals surface area contributed by atoms with E-state index >= 15 is 0 Å². The Kier molecular flexibility index (Phi) is 8.39. The molecule has 0 radical (unpaired) electrons. The van der Waals surface area contributed by atoms with Crippen LogP contribution in [0.2, 0.25) is 0 Å². The predicted octanol–water partition coefficient (Wildman–Crippen LogP) is 5.26. The van der Waals surface area contributed by atoms with Gasteiger partial charge in [0.05, 0.1) is 16.6 Å². The van der Waals surface area contributed by atoms with E-state index < -0.39 is 21.9 Å². The lowest BCUT2D eigenvalue weighted by molar-refractivity contribution is -0.137. The van der Waals surface area contributed by atoms with Gasteiger partial charge >= 0.3 is 11.9 Å². The first-order chi connectivity index (χ1) is 20.0. The number of rotatable bonds is 5. The van der Waals surface area contributed by atoms with Crippen LogP contribution in [0.5, 0.6) is 0 Å². The van der Waals surface area contributed by atoms with Gasteiger partial charge < -0.3 is 9.88 Å². The SMILES string of the molecule is O=S(=O)(O)c1cccc2ccccc12.O=c1[nH]c2ccccc2n1CCN1CCN(c2cccc(C(F)(F)F)c2)CC1. The minimum atomic E-state index is -4.33. The number of para-hydroxylation sites is 2. The van der Waals surface area contributed by atoms with Gasteiger partial charge in [-0.25, -0.2) is 4.79 Å².